The van der Waals surface area contributed by atoms with Crippen LogP contribution in [-0.4, -0.2) is 72.3 Å². The molecule has 4 heterocycles. The average Bonchev–Trinajstić information content (AvgIpc) is 3.42. The number of alkyl halides is 3. The van der Waals surface area contributed by atoms with Gasteiger partial charge < -0.3 is 19.5 Å². The zero-order valence-electron chi connectivity index (χ0n) is 21.5. The second-order valence-corrected chi connectivity index (χ2v) is 10.2. The molecule has 1 aliphatic rings. The lowest BCUT2D eigenvalue weighted by Crippen LogP contribution is -2.50. The van der Waals surface area contributed by atoms with Crippen LogP contribution >= 0.6 is 0 Å². The molecule has 5 rings (SSSR count). The highest BCUT2D eigenvalue weighted by Crippen LogP contribution is 2.38. The Bertz CT molecular complexity index is 1480. The van der Waals surface area contributed by atoms with Crippen LogP contribution in [0.2, 0.25) is 0 Å². The number of pyridine rings is 1. The molecule has 13 heteroatoms. The van der Waals surface area contributed by atoms with Crippen molar-refractivity contribution in [2.45, 2.75) is 45.2 Å². The van der Waals surface area contributed by atoms with Crippen molar-refractivity contribution < 1.29 is 32.5 Å². The van der Waals surface area contributed by atoms with Crippen molar-refractivity contribution in [2.75, 3.05) is 19.7 Å². The largest absolute Gasteiger partial charge is 0.573 e. The third-order valence-electron chi connectivity index (χ3n) is 6.10. The summed E-state index contributed by atoms with van der Waals surface area (Å²) in [5.74, 6) is -0.468. The molecular formula is C26H27F3N6O4. The molecule has 0 aliphatic carbocycles. The van der Waals surface area contributed by atoms with Gasteiger partial charge in [0, 0.05) is 37.0 Å². The maximum absolute atomic E-state index is 12.6. The van der Waals surface area contributed by atoms with Crippen molar-refractivity contribution in [3.05, 3.63) is 54.6 Å². The number of aliphatic hydroxyl groups excluding tert-OH is 1. The van der Waals surface area contributed by atoms with Crippen molar-refractivity contribution in [3.8, 4) is 22.6 Å². The van der Waals surface area contributed by atoms with E-state index in [1.54, 1.807) is 47.4 Å². The molecule has 206 valence electrons. The molecular weight excluding hydrogens is 517 g/mol. The summed E-state index contributed by atoms with van der Waals surface area (Å²) in [6, 6.07) is 7.21. The minimum absolute atomic E-state index is 0.0628. The van der Waals surface area contributed by atoms with Gasteiger partial charge in [-0.25, -0.2) is 14.5 Å². The Balaban J connectivity index is 1.54. The molecule has 0 spiro atoms. The van der Waals surface area contributed by atoms with Crippen molar-refractivity contribution >= 4 is 17.1 Å². The van der Waals surface area contributed by atoms with Crippen LogP contribution in [0.25, 0.3) is 27.8 Å². The Hall–Kier alpha value is -4.13. The van der Waals surface area contributed by atoms with Gasteiger partial charge in [-0.3, -0.25) is 4.68 Å². The van der Waals surface area contributed by atoms with Gasteiger partial charge in [0.15, 0.2) is 5.65 Å². The van der Waals surface area contributed by atoms with Crippen LogP contribution in [0.4, 0.5) is 18.0 Å². The normalized spacial score (nSPS) is 14.5. The standard InChI is InChI=1S/C26H27F3N6O4/c1-25(2,3)39-24(37)33-13-17(14-33)22-21-20(16-12-31-34(15-16)10-11-36)8-9-30-23(21)35(32-22)18-4-6-19(7-5-18)38-26(27,28)29/h4-9,12,15,17,36H,10-11,13-14H2,1-3H3. The smallest absolute Gasteiger partial charge is 0.444 e. The molecule has 1 aliphatic heterocycles. The second kappa shape index (κ2) is 9.88. The van der Waals surface area contributed by atoms with E-state index in [1.165, 1.54) is 24.3 Å². The fraction of sp³-hybridized carbons (Fsp3) is 0.385. The molecule has 0 atom stereocenters. The number of carbonyl (C=O) groups is 1. The van der Waals surface area contributed by atoms with E-state index >= 15 is 0 Å². The number of fused-ring (bicyclic) bond motifs is 1. The molecule has 0 radical (unpaired) electrons. The lowest BCUT2D eigenvalue weighted by atomic mass is 9.92. The van der Waals surface area contributed by atoms with Gasteiger partial charge in [0.05, 0.1) is 36.1 Å². The third kappa shape index (κ3) is 5.67. The Morgan fingerprint density at radius 1 is 1.13 bits per heavy atom. The van der Waals surface area contributed by atoms with Gasteiger partial charge in [0.2, 0.25) is 0 Å². The monoisotopic (exact) mass is 544 g/mol. The molecule has 1 N–H and O–H groups in total. The van der Waals surface area contributed by atoms with Crippen molar-refractivity contribution in [2.24, 2.45) is 0 Å². The molecule has 1 amide bonds. The van der Waals surface area contributed by atoms with E-state index in [1.807, 2.05) is 12.3 Å². The van der Waals surface area contributed by atoms with Crippen LogP contribution in [0.1, 0.15) is 32.4 Å². The van der Waals surface area contributed by atoms with E-state index in [0.29, 0.717) is 36.7 Å². The summed E-state index contributed by atoms with van der Waals surface area (Å²) in [5, 5.41) is 19.2. The summed E-state index contributed by atoms with van der Waals surface area (Å²) in [4.78, 5) is 18.7. The zero-order chi connectivity index (χ0) is 27.9. The van der Waals surface area contributed by atoms with Crippen LogP contribution in [0.15, 0.2) is 48.9 Å². The number of nitrogens with zero attached hydrogens (tertiary/aromatic N) is 6. The summed E-state index contributed by atoms with van der Waals surface area (Å²) in [5.41, 5.74) is 2.65. The molecule has 4 aromatic rings. The van der Waals surface area contributed by atoms with E-state index in [-0.39, 0.29) is 18.3 Å². The molecule has 0 bridgehead atoms. The van der Waals surface area contributed by atoms with Crippen molar-refractivity contribution in [1.29, 1.82) is 0 Å². The fourth-order valence-corrected chi connectivity index (χ4v) is 4.42. The molecule has 39 heavy (non-hydrogen) atoms. The zero-order valence-corrected chi connectivity index (χ0v) is 21.5. The van der Waals surface area contributed by atoms with Gasteiger partial charge in [-0.15, -0.1) is 13.2 Å². The number of aliphatic hydroxyl groups is 1. The maximum atomic E-state index is 12.6. The lowest BCUT2D eigenvalue weighted by Gasteiger charge is -2.39. The van der Waals surface area contributed by atoms with Crippen LogP contribution in [0.3, 0.4) is 0 Å². The number of halogens is 3. The number of rotatable bonds is 6. The molecule has 1 fully saturated rings. The van der Waals surface area contributed by atoms with E-state index in [0.717, 1.165) is 16.5 Å². The van der Waals surface area contributed by atoms with Crippen LogP contribution < -0.4 is 4.74 Å². The number of hydrogen-bond donors (Lipinski definition) is 1. The maximum Gasteiger partial charge on any atom is 0.573 e. The topological polar surface area (TPSA) is 108 Å². The minimum Gasteiger partial charge on any atom is -0.444 e. The summed E-state index contributed by atoms with van der Waals surface area (Å²) in [6.45, 7) is 6.45. The van der Waals surface area contributed by atoms with Gasteiger partial charge in [-0.05, 0) is 56.7 Å². The first-order valence-electron chi connectivity index (χ1n) is 12.3. The van der Waals surface area contributed by atoms with E-state index in [2.05, 4.69) is 14.8 Å². The SMILES string of the molecule is CC(C)(C)OC(=O)N1CC(c2nn(-c3ccc(OC(F)(F)F)cc3)c3nccc(-c4cnn(CCO)c4)c23)C1. The number of hydrogen-bond acceptors (Lipinski definition) is 7. The van der Waals surface area contributed by atoms with E-state index in [9.17, 15) is 23.1 Å². The number of ether oxygens (including phenoxy) is 2. The predicted octanol–water partition coefficient (Wildman–Crippen LogP) is 4.51. The molecule has 3 aromatic heterocycles. The van der Waals surface area contributed by atoms with E-state index in [4.69, 9.17) is 9.84 Å². The summed E-state index contributed by atoms with van der Waals surface area (Å²) in [6.07, 6.45) is -0.0934. The van der Waals surface area contributed by atoms with E-state index < -0.39 is 18.1 Å². The number of amides is 1. The van der Waals surface area contributed by atoms with Gasteiger partial charge in [0.25, 0.3) is 0 Å². The van der Waals surface area contributed by atoms with Gasteiger partial charge in [0.1, 0.15) is 11.4 Å². The highest BCUT2D eigenvalue weighted by atomic mass is 19.4. The Morgan fingerprint density at radius 2 is 1.85 bits per heavy atom. The first-order valence-corrected chi connectivity index (χ1v) is 12.3. The third-order valence-corrected chi connectivity index (χ3v) is 6.10. The molecule has 1 saturated heterocycles. The molecule has 0 unspecified atom stereocenters. The van der Waals surface area contributed by atoms with Crippen LogP contribution in [0.5, 0.6) is 5.75 Å². The first kappa shape index (κ1) is 26.5. The Labute approximate surface area is 221 Å². The second-order valence-electron chi connectivity index (χ2n) is 10.2. The van der Waals surface area contributed by atoms with Crippen LogP contribution in [-0.2, 0) is 11.3 Å². The Kier molecular flexibility index (Phi) is 6.70. The molecule has 1 aromatic carbocycles. The fourth-order valence-electron chi connectivity index (χ4n) is 4.42. The summed E-state index contributed by atoms with van der Waals surface area (Å²) in [7, 11) is 0. The number of benzene rings is 1. The van der Waals surface area contributed by atoms with Crippen molar-refractivity contribution in [3.63, 3.8) is 0 Å². The highest BCUT2D eigenvalue weighted by molar-refractivity contribution is 5.96. The lowest BCUT2D eigenvalue weighted by molar-refractivity contribution is -0.274. The van der Waals surface area contributed by atoms with Crippen molar-refractivity contribution in [1.82, 2.24) is 29.4 Å². The number of carbonyl (C=O) groups excluding carboxylic acids is 1. The minimum atomic E-state index is -4.80. The van der Waals surface area contributed by atoms with Gasteiger partial charge >= 0.3 is 12.5 Å². The summed E-state index contributed by atoms with van der Waals surface area (Å²) >= 11 is 0. The average molecular weight is 545 g/mol. The predicted molar refractivity (Wildman–Crippen MR) is 134 cm³/mol. The number of aromatic nitrogens is 5. The molecule has 0 saturated carbocycles. The Morgan fingerprint density at radius 3 is 2.49 bits per heavy atom. The highest BCUT2D eigenvalue weighted by Gasteiger charge is 2.38. The number of likely N-dealkylation sites (tertiary alicyclic amines) is 1. The quantitative estimate of drug-likeness (QED) is 0.381. The first-order chi connectivity index (χ1) is 18.4. The summed E-state index contributed by atoms with van der Waals surface area (Å²) < 4.78 is 50.6. The van der Waals surface area contributed by atoms with Crippen LogP contribution in [0, 0.1) is 0 Å². The van der Waals surface area contributed by atoms with Gasteiger partial charge in [-0.1, -0.05) is 0 Å². The molecule has 10 nitrogen and oxygen atoms in total. The van der Waals surface area contributed by atoms with Gasteiger partial charge in [-0.2, -0.15) is 10.2 Å².